The zero-order valence-corrected chi connectivity index (χ0v) is 13.4. The predicted octanol–water partition coefficient (Wildman–Crippen LogP) is 2.70. The van der Waals surface area contributed by atoms with E-state index in [1.165, 1.54) is 4.90 Å². The van der Waals surface area contributed by atoms with Crippen LogP contribution in [0.1, 0.15) is 32.3 Å². The van der Waals surface area contributed by atoms with Crippen molar-refractivity contribution >= 4 is 11.9 Å². The van der Waals surface area contributed by atoms with E-state index in [0.717, 1.165) is 5.56 Å². The summed E-state index contributed by atoms with van der Waals surface area (Å²) in [5, 5.41) is 21.6. The number of alkyl halides is 2. The van der Waals surface area contributed by atoms with Gasteiger partial charge in [-0.3, -0.25) is 16.1 Å². The van der Waals surface area contributed by atoms with Crippen molar-refractivity contribution in [1.29, 1.82) is 10.8 Å². The number of hydrogen-bond acceptors (Lipinski definition) is 2. The van der Waals surface area contributed by atoms with Gasteiger partial charge < -0.3 is 10.2 Å². The second-order valence-corrected chi connectivity index (χ2v) is 6.31. The molecule has 7 heteroatoms. The van der Waals surface area contributed by atoms with E-state index in [4.69, 9.17) is 10.8 Å². The van der Waals surface area contributed by atoms with Crippen LogP contribution in [-0.4, -0.2) is 35.8 Å². The molecular formula is C16H23F2N5. The van der Waals surface area contributed by atoms with E-state index in [9.17, 15) is 8.78 Å². The number of nitrogens with one attached hydrogen (secondary N) is 4. The molecule has 0 aliphatic carbocycles. The van der Waals surface area contributed by atoms with Gasteiger partial charge in [0.25, 0.3) is 5.92 Å². The second kappa shape index (κ2) is 6.52. The molecule has 0 amide bonds. The Morgan fingerprint density at radius 3 is 2.26 bits per heavy atom. The fourth-order valence-corrected chi connectivity index (χ4v) is 2.53. The molecule has 0 saturated carbocycles. The third kappa shape index (κ3) is 4.64. The van der Waals surface area contributed by atoms with Crippen molar-refractivity contribution in [2.45, 2.75) is 38.2 Å². The van der Waals surface area contributed by atoms with Crippen molar-refractivity contribution in [2.75, 3.05) is 13.1 Å². The lowest BCUT2D eigenvalue weighted by atomic mass is 9.94. The number of benzene rings is 1. The SMILES string of the molecule is CC(C)(NC(=N)NC(=N)N1CCC(F)(F)CC1)c1ccccc1. The van der Waals surface area contributed by atoms with Crippen LogP contribution in [0.25, 0.3) is 0 Å². The van der Waals surface area contributed by atoms with Crippen LogP contribution in [0.2, 0.25) is 0 Å². The van der Waals surface area contributed by atoms with Crippen LogP contribution in [0, 0.1) is 10.8 Å². The second-order valence-electron chi connectivity index (χ2n) is 6.31. The lowest BCUT2D eigenvalue weighted by Crippen LogP contribution is -2.54. The third-order valence-electron chi connectivity index (χ3n) is 3.99. The average Bonchev–Trinajstić information content (AvgIpc) is 2.47. The molecule has 126 valence electrons. The topological polar surface area (TPSA) is 75.0 Å². The Kier molecular flexibility index (Phi) is 4.87. The fourth-order valence-electron chi connectivity index (χ4n) is 2.53. The highest BCUT2D eigenvalue weighted by Gasteiger charge is 2.35. The quantitative estimate of drug-likeness (QED) is 0.499. The molecule has 1 aromatic rings. The van der Waals surface area contributed by atoms with Crippen LogP contribution in [0.5, 0.6) is 0 Å². The van der Waals surface area contributed by atoms with Crippen molar-refractivity contribution in [3.8, 4) is 0 Å². The molecule has 0 spiro atoms. The van der Waals surface area contributed by atoms with E-state index in [1.807, 2.05) is 44.2 Å². The van der Waals surface area contributed by atoms with Gasteiger partial charge in [-0.25, -0.2) is 8.78 Å². The molecule has 1 aliphatic heterocycles. The molecule has 2 rings (SSSR count). The van der Waals surface area contributed by atoms with Crippen molar-refractivity contribution in [3.63, 3.8) is 0 Å². The van der Waals surface area contributed by atoms with Crippen LogP contribution in [-0.2, 0) is 5.54 Å². The summed E-state index contributed by atoms with van der Waals surface area (Å²) >= 11 is 0. The molecule has 1 fully saturated rings. The smallest absolute Gasteiger partial charge is 0.251 e. The van der Waals surface area contributed by atoms with Gasteiger partial charge in [-0.2, -0.15) is 0 Å². The zero-order valence-electron chi connectivity index (χ0n) is 13.4. The molecule has 0 unspecified atom stereocenters. The molecule has 1 aromatic carbocycles. The first-order valence-electron chi connectivity index (χ1n) is 7.60. The third-order valence-corrected chi connectivity index (χ3v) is 3.99. The van der Waals surface area contributed by atoms with Gasteiger partial charge in [-0.15, -0.1) is 0 Å². The highest BCUT2D eigenvalue weighted by molar-refractivity contribution is 5.96. The van der Waals surface area contributed by atoms with Crippen LogP contribution in [0.3, 0.4) is 0 Å². The molecule has 0 atom stereocenters. The van der Waals surface area contributed by atoms with Crippen LogP contribution in [0.4, 0.5) is 8.78 Å². The minimum absolute atomic E-state index is 0.0261. The molecule has 1 heterocycles. The highest BCUT2D eigenvalue weighted by Crippen LogP contribution is 2.27. The Hall–Kier alpha value is -2.18. The normalized spacial score (nSPS) is 17.5. The lowest BCUT2D eigenvalue weighted by molar-refractivity contribution is -0.0438. The Bertz CT molecular complexity index is 561. The van der Waals surface area contributed by atoms with Gasteiger partial charge in [0.1, 0.15) is 0 Å². The summed E-state index contributed by atoms with van der Waals surface area (Å²) in [6, 6.07) is 9.68. The van der Waals surface area contributed by atoms with Gasteiger partial charge in [0.15, 0.2) is 11.9 Å². The van der Waals surface area contributed by atoms with Gasteiger partial charge in [-0.1, -0.05) is 30.3 Å². The maximum Gasteiger partial charge on any atom is 0.251 e. The summed E-state index contributed by atoms with van der Waals surface area (Å²) < 4.78 is 26.3. The van der Waals surface area contributed by atoms with E-state index in [1.54, 1.807) is 0 Å². The van der Waals surface area contributed by atoms with E-state index >= 15 is 0 Å². The first kappa shape index (κ1) is 17.2. The summed E-state index contributed by atoms with van der Waals surface area (Å²) in [5.74, 6) is -2.69. The van der Waals surface area contributed by atoms with Gasteiger partial charge in [0.2, 0.25) is 0 Å². The summed E-state index contributed by atoms with van der Waals surface area (Å²) in [4.78, 5) is 1.53. The molecule has 4 N–H and O–H groups in total. The van der Waals surface area contributed by atoms with Crippen molar-refractivity contribution in [2.24, 2.45) is 0 Å². The Balaban J connectivity index is 1.88. The number of hydrogen-bond donors (Lipinski definition) is 4. The monoisotopic (exact) mass is 323 g/mol. The maximum atomic E-state index is 13.1. The Labute approximate surface area is 135 Å². The van der Waals surface area contributed by atoms with E-state index in [0.29, 0.717) is 0 Å². The largest absolute Gasteiger partial charge is 0.347 e. The lowest BCUT2D eigenvalue weighted by Gasteiger charge is -2.34. The Morgan fingerprint density at radius 2 is 1.70 bits per heavy atom. The van der Waals surface area contributed by atoms with Crippen LogP contribution < -0.4 is 10.6 Å². The number of halogens is 2. The number of nitrogens with zero attached hydrogens (tertiary/aromatic N) is 1. The maximum absolute atomic E-state index is 13.1. The van der Waals surface area contributed by atoms with Crippen molar-refractivity contribution in [3.05, 3.63) is 35.9 Å². The summed E-state index contributed by atoms with van der Waals surface area (Å²) in [5.41, 5.74) is 0.524. The van der Waals surface area contributed by atoms with E-state index in [2.05, 4.69) is 10.6 Å². The van der Waals surface area contributed by atoms with Crippen LogP contribution in [0.15, 0.2) is 30.3 Å². The van der Waals surface area contributed by atoms with Gasteiger partial charge in [0.05, 0.1) is 5.54 Å². The average molecular weight is 323 g/mol. The van der Waals surface area contributed by atoms with Crippen molar-refractivity contribution < 1.29 is 8.78 Å². The molecule has 0 radical (unpaired) electrons. The minimum atomic E-state index is -2.64. The number of guanidine groups is 2. The summed E-state index contributed by atoms with van der Waals surface area (Å²) in [6.45, 7) is 4.11. The van der Waals surface area contributed by atoms with Gasteiger partial charge in [0, 0.05) is 25.9 Å². The molecule has 1 aliphatic rings. The minimum Gasteiger partial charge on any atom is -0.347 e. The molecule has 1 saturated heterocycles. The molecule has 0 aromatic heterocycles. The first-order chi connectivity index (χ1) is 10.7. The van der Waals surface area contributed by atoms with Gasteiger partial charge in [-0.05, 0) is 19.4 Å². The van der Waals surface area contributed by atoms with Crippen molar-refractivity contribution in [1.82, 2.24) is 15.5 Å². The van der Waals surface area contributed by atoms with E-state index < -0.39 is 11.5 Å². The fraction of sp³-hybridized carbons (Fsp3) is 0.500. The molecule has 23 heavy (non-hydrogen) atoms. The molecular weight excluding hydrogens is 300 g/mol. The van der Waals surface area contributed by atoms with Gasteiger partial charge >= 0.3 is 0 Å². The number of piperidine rings is 1. The zero-order chi connectivity index (χ0) is 17.1. The molecule has 0 bridgehead atoms. The first-order valence-corrected chi connectivity index (χ1v) is 7.60. The number of rotatable bonds is 2. The summed E-state index contributed by atoms with van der Waals surface area (Å²) in [6.07, 6.45) is -0.513. The number of likely N-dealkylation sites (tertiary alicyclic amines) is 1. The Morgan fingerprint density at radius 1 is 1.13 bits per heavy atom. The summed E-state index contributed by atoms with van der Waals surface area (Å²) in [7, 11) is 0. The van der Waals surface area contributed by atoms with Crippen LogP contribution >= 0.6 is 0 Å². The highest BCUT2D eigenvalue weighted by atomic mass is 19.3. The van der Waals surface area contributed by atoms with E-state index in [-0.39, 0.29) is 37.9 Å². The standard InChI is InChI=1S/C16H23F2N5/c1-15(2,12-6-4-3-5-7-12)22-13(19)21-14(20)23-10-8-16(17,18)9-11-23/h3-7H,8-11H2,1-2H3,(H4,19,20,21,22). The predicted molar refractivity (Wildman–Crippen MR) is 86.9 cm³/mol. The molecule has 5 nitrogen and oxygen atoms in total.